The number of ketones is 1. The first-order valence-corrected chi connectivity index (χ1v) is 9.03. The Balaban J connectivity index is 3.36. The number of rotatable bonds is 15. The molecule has 0 amide bonds. The second-order valence-corrected chi connectivity index (χ2v) is 6.01. The Hall–Kier alpha value is -1.32. The summed E-state index contributed by atoms with van der Waals surface area (Å²) in [5.41, 5.74) is 0. The molecule has 0 fully saturated rings. The van der Waals surface area contributed by atoms with Crippen LogP contribution in [0.4, 0.5) is 0 Å². The predicted octanol–water partition coefficient (Wildman–Crippen LogP) is 4.96. The van der Waals surface area contributed by atoms with Gasteiger partial charge in [-0.3, -0.25) is 9.59 Å². The van der Waals surface area contributed by atoms with Gasteiger partial charge in [0, 0.05) is 12.5 Å². The van der Waals surface area contributed by atoms with Crippen LogP contribution in [0.15, 0.2) is 11.8 Å². The van der Waals surface area contributed by atoms with Crippen LogP contribution in [0.1, 0.15) is 85.0 Å². The van der Waals surface area contributed by atoms with Crippen LogP contribution in [0, 0.1) is 0 Å². The minimum atomic E-state index is -0.162. The largest absolute Gasteiger partial charge is 0.495 e. The van der Waals surface area contributed by atoms with Crippen molar-refractivity contribution in [3.63, 3.8) is 0 Å². The maximum atomic E-state index is 11.5. The molecule has 0 aromatic carbocycles. The summed E-state index contributed by atoms with van der Waals surface area (Å²) in [4.78, 5) is 22.3. The highest BCUT2D eigenvalue weighted by atomic mass is 16.6. The van der Waals surface area contributed by atoms with Crippen molar-refractivity contribution in [3.8, 4) is 0 Å². The van der Waals surface area contributed by atoms with Crippen LogP contribution in [0.5, 0.6) is 0 Å². The molecule has 0 N–H and O–H groups in total. The molecule has 0 aliphatic heterocycles. The Morgan fingerprint density at radius 3 is 1.87 bits per heavy atom. The Labute approximate surface area is 141 Å². The van der Waals surface area contributed by atoms with Crippen molar-refractivity contribution >= 4 is 11.8 Å². The average Bonchev–Trinajstić information content (AvgIpc) is 2.49. The first-order valence-electron chi connectivity index (χ1n) is 9.03. The third-order valence-corrected chi connectivity index (χ3v) is 3.57. The van der Waals surface area contributed by atoms with Gasteiger partial charge in [0.05, 0.1) is 5.76 Å². The summed E-state index contributed by atoms with van der Waals surface area (Å²) in [5.74, 6) is 0.335. The topological polar surface area (TPSA) is 52.6 Å². The lowest BCUT2D eigenvalue weighted by Crippen LogP contribution is -2.10. The standard InChI is InChI=1S/C19H34O4/c1-4-5-6-7-8-9-10-11-12-13-19(21)23-15-14-22-18(3)16-17(2)20/h16H,4-15H2,1-3H3/b18-16-. The van der Waals surface area contributed by atoms with E-state index < -0.39 is 0 Å². The van der Waals surface area contributed by atoms with Gasteiger partial charge in [-0.2, -0.15) is 0 Å². The Morgan fingerprint density at radius 2 is 1.30 bits per heavy atom. The molecule has 0 saturated carbocycles. The van der Waals surface area contributed by atoms with Crippen LogP contribution in [-0.2, 0) is 19.1 Å². The molecule has 0 heterocycles. The number of allylic oxidation sites excluding steroid dienone is 2. The first kappa shape index (κ1) is 21.7. The second kappa shape index (κ2) is 15.6. The van der Waals surface area contributed by atoms with Crippen LogP contribution in [0.2, 0.25) is 0 Å². The van der Waals surface area contributed by atoms with Crippen molar-refractivity contribution in [1.82, 2.24) is 0 Å². The predicted molar refractivity (Wildman–Crippen MR) is 93.2 cm³/mol. The van der Waals surface area contributed by atoms with Gasteiger partial charge in [0.1, 0.15) is 13.2 Å². The van der Waals surface area contributed by atoms with Gasteiger partial charge in [0.15, 0.2) is 5.78 Å². The van der Waals surface area contributed by atoms with Crippen molar-refractivity contribution in [2.24, 2.45) is 0 Å². The van der Waals surface area contributed by atoms with Gasteiger partial charge in [-0.05, 0) is 20.3 Å². The molecule has 4 nitrogen and oxygen atoms in total. The van der Waals surface area contributed by atoms with Gasteiger partial charge in [0.25, 0.3) is 0 Å². The molecule has 0 bridgehead atoms. The van der Waals surface area contributed by atoms with E-state index >= 15 is 0 Å². The zero-order chi connectivity index (χ0) is 17.3. The molecule has 0 radical (unpaired) electrons. The number of ether oxygens (including phenoxy) is 2. The van der Waals surface area contributed by atoms with Gasteiger partial charge in [-0.1, -0.05) is 58.3 Å². The van der Waals surface area contributed by atoms with Crippen LogP contribution < -0.4 is 0 Å². The summed E-state index contributed by atoms with van der Waals surface area (Å²) in [7, 11) is 0. The van der Waals surface area contributed by atoms with Gasteiger partial charge >= 0.3 is 5.97 Å². The van der Waals surface area contributed by atoms with E-state index in [4.69, 9.17) is 9.47 Å². The number of esters is 1. The quantitative estimate of drug-likeness (QED) is 0.185. The number of unbranched alkanes of at least 4 members (excludes halogenated alkanes) is 8. The fraction of sp³-hybridized carbons (Fsp3) is 0.789. The van der Waals surface area contributed by atoms with Crippen molar-refractivity contribution < 1.29 is 19.1 Å². The Morgan fingerprint density at radius 1 is 0.783 bits per heavy atom. The van der Waals surface area contributed by atoms with Crippen LogP contribution >= 0.6 is 0 Å². The zero-order valence-corrected chi connectivity index (χ0v) is 15.2. The summed E-state index contributed by atoms with van der Waals surface area (Å²) < 4.78 is 10.4. The Kier molecular flexibility index (Phi) is 14.7. The Bertz CT molecular complexity index is 347. The molecule has 0 rings (SSSR count). The van der Waals surface area contributed by atoms with Crippen molar-refractivity contribution in [3.05, 3.63) is 11.8 Å². The maximum absolute atomic E-state index is 11.5. The summed E-state index contributed by atoms with van der Waals surface area (Å²) in [6.45, 7) is 5.94. The van der Waals surface area contributed by atoms with E-state index in [0.717, 1.165) is 12.8 Å². The molecule has 0 aliphatic carbocycles. The molecule has 0 aromatic rings. The number of carbonyl (C=O) groups excluding carboxylic acids is 2. The third kappa shape index (κ3) is 16.9. The van der Waals surface area contributed by atoms with E-state index in [1.165, 1.54) is 57.9 Å². The molecule has 0 unspecified atom stereocenters. The van der Waals surface area contributed by atoms with Gasteiger partial charge in [0.2, 0.25) is 0 Å². The molecule has 0 aromatic heterocycles. The number of carbonyl (C=O) groups is 2. The average molecular weight is 326 g/mol. The van der Waals surface area contributed by atoms with E-state index in [1.54, 1.807) is 6.92 Å². The molecular formula is C19H34O4. The summed E-state index contributed by atoms with van der Waals surface area (Å²) in [6, 6.07) is 0. The van der Waals surface area contributed by atoms with E-state index in [0.29, 0.717) is 18.8 Å². The monoisotopic (exact) mass is 326 g/mol. The molecule has 0 aliphatic rings. The fourth-order valence-corrected chi connectivity index (χ4v) is 2.34. The highest BCUT2D eigenvalue weighted by Crippen LogP contribution is 2.10. The van der Waals surface area contributed by atoms with Crippen molar-refractivity contribution in [2.45, 2.75) is 85.0 Å². The molecular weight excluding hydrogens is 292 g/mol. The number of hydrogen-bond acceptors (Lipinski definition) is 4. The van der Waals surface area contributed by atoms with Crippen molar-refractivity contribution in [1.29, 1.82) is 0 Å². The lowest BCUT2D eigenvalue weighted by molar-refractivity contribution is -0.145. The van der Waals surface area contributed by atoms with E-state index in [9.17, 15) is 9.59 Å². The first-order chi connectivity index (χ1) is 11.1. The van der Waals surface area contributed by atoms with Crippen LogP contribution in [-0.4, -0.2) is 25.0 Å². The highest BCUT2D eigenvalue weighted by molar-refractivity contribution is 5.87. The second-order valence-electron chi connectivity index (χ2n) is 6.01. The molecule has 0 saturated heterocycles. The summed E-state index contributed by atoms with van der Waals surface area (Å²) in [5, 5.41) is 0. The lowest BCUT2D eigenvalue weighted by atomic mass is 10.1. The molecule has 4 heteroatoms. The third-order valence-electron chi connectivity index (χ3n) is 3.57. The maximum Gasteiger partial charge on any atom is 0.305 e. The minimum absolute atomic E-state index is 0.0511. The highest BCUT2D eigenvalue weighted by Gasteiger charge is 2.03. The van der Waals surface area contributed by atoms with Crippen molar-refractivity contribution in [2.75, 3.05) is 13.2 Å². The van der Waals surface area contributed by atoms with Gasteiger partial charge in [-0.25, -0.2) is 0 Å². The summed E-state index contributed by atoms with van der Waals surface area (Å²) >= 11 is 0. The zero-order valence-electron chi connectivity index (χ0n) is 15.2. The van der Waals surface area contributed by atoms with Crippen LogP contribution in [0.3, 0.4) is 0 Å². The number of hydrogen-bond donors (Lipinski definition) is 0. The normalized spacial score (nSPS) is 11.3. The fourth-order valence-electron chi connectivity index (χ4n) is 2.34. The molecule has 0 atom stereocenters. The smallest absolute Gasteiger partial charge is 0.305 e. The lowest BCUT2D eigenvalue weighted by Gasteiger charge is -2.07. The van der Waals surface area contributed by atoms with Gasteiger partial charge < -0.3 is 9.47 Å². The SMILES string of the molecule is CCCCCCCCCCCC(=O)OCCO/C(C)=C\C(C)=O. The van der Waals surface area contributed by atoms with E-state index in [2.05, 4.69) is 6.92 Å². The molecule has 134 valence electrons. The molecule has 0 spiro atoms. The van der Waals surface area contributed by atoms with Crippen LogP contribution in [0.25, 0.3) is 0 Å². The molecule has 23 heavy (non-hydrogen) atoms. The van der Waals surface area contributed by atoms with E-state index in [1.807, 2.05) is 0 Å². The summed E-state index contributed by atoms with van der Waals surface area (Å²) in [6.07, 6.45) is 13.0. The van der Waals surface area contributed by atoms with Gasteiger partial charge in [-0.15, -0.1) is 0 Å². The van der Waals surface area contributed by atoms with E-state index in [-0.39, 0.29) is 18.4 Å². The minimum Gasteiger partial charge on any atom is -0.495 e.